The smallest absolute Gasteiger partial charge is 0.155 e. The topological polar surface area (TPSA) is 25.8 Å². The van der Waals surface area contributed by atoms with Gasteiger partial charge >= 0.3 is 0 Å². The lowest BCUT2D eigenvalue weighted by atomic mass is 10.3. The van der Waals surface area contributed by atoms with E-state index >= 15 is 0 Å². The molecule has 1 aromatic carbocycles. The van der Waals surface area contributed by atoms with Crippen LogP contribution in [0.5, 0.6) is 0 Å². The summed E-state index contributed by atoms with van der Waals surface area (Å²) in [5, 5.41) is 0. The second-order valence-electron chi connectivity index (χ2n) is 2.58. The third kappa shape index (κ3) is 1.18. The van der Waals surface area contributed by atoms with Crippen LogP contribution < -0.4 is 0 Å². The maximum Gasteiger partial charge on any atom is 0.155 e. The van der Waals surface area contributed by atoms with Gasteiger partial charge in [0.2, 0.25) is 0 Å². The fourth-order valence-electron chi connectivity index (χ4n) is 1.29. The Bertz CT molecular complexity index is 584. The molecule has 0 saturated carbocycles. The molecule has 0 amide bonds. The second-order valence-corrected chi connectivity index (χ2v) is 6.25. The fourth-order valence-corrected chi connectivity index (χ4v) is 3.62. The van der Waals surface area contributed by atoms with Gasteiger partial charge in [-0.25, -0.2) is 9.97 Å². The number of halogens is 1. The van der Waals surface area contributed by atoms with Gasteiger partial charge in [-0.2, -0.15) is 0 Å². The van der Waals surface area contributed by atoms with Crippen LogP contribution in [-0.4, -0.2) is 9.97 Å². The van der Waals surface area contributed by atoms with Gasteiger partial charge in [-0.3, -0.25) is 0 Å². The molecule has 0 fully saturated rings. The van der Waals surface area contributed by atoms with E-state index in [1.807, 2.05) is 5.51 Å². The van der Waals surface area contributed by atoms with E-state index in [1.54, 1.807) is 22.7 Å². The highest BCUT2D eigenvalue weighted by molar-refractivity contribution is 14.1. The van der Waals surface area contributed by atoms with Crippen LogP contribution in [0.25, 0.3) is 20.4 Å². The number of rotatable bonds is 0. The van der Waals surface area contributed by atoms with Gasteiger partial charge in [0.05, 0.1) is 14.9 Å². The highest BCUT2D eigenvalue weighted by atomic mass is 127. The molecule has 13 heavy (non-hydrogen) atoms. The Morgan fingerprint density at radius 2 is 2.00 bits per heavy atom. The van der Waals surface area contributed by atoms with Crippen molar-refractivity contribution in [3.05, 3.63) is 20.7 Å². The van der Waals surface area contributed by atoms with Crippen molar-refractivity contribution >= 4 is 65.7 Å². The van der Waals surface area contributed by atoms with Crippen LogP contribution in [0.1, 0.15) is 0 Å². The van der Waals surface area contributed by atoms with E-state index in [-0.39, 0.29) is 0 Å². The Labute approximate surface area is 95.8 Å². The van der Waals surface area contributed by atoms with Gasteiger partial charge in [0.25, 0.3) is 0 Å². The predicted octanol–water partition coefficient (Wildman–Crippen LogP) is 3.51. The SMILES string of the molecule is Ic1nc2c(ccc3scnc32)s1. The van der Waals surface area contributed by atoms with Crippen LogP contribution >= 0.6 is 45.3 Å². The van der Waals surface area contributed by atoms with Crippen molar-refractivity contribution in [3.63, 3.8) is 0 Å². The Kier molecular flexibility index (Phi) is 1.78. The van der Waals surface area contributed by atoms with Crippen molar-refractivity contribution in [1.82, 2.24) is 9.97 Å². The van der Waals surface area contributed by atoms with E-state index in [0.717, 1.165) is 14.0 Å². The van der Waals surface area contributed by atoms with Crippen molar-refractivity contribution in [2.75, 3.05) is 0 Å². The number of fused-ring (bicyclic) bond motifs is 3. The summed E-state index contributed by atoms with van der Waals surface area (Å²) in [6.45, 7) is 0. The van der Waals surface area contributed by atoms with Crippen LogP contribution in [-0.2, 0) is 0 Å². The average molecular weight is 318 g/mol. The molecule has 0 aliphatic heterocycles. The van der Waals surface area contributed by atoms with E-state index in [1.165, 1.54) is 9.40 Å². The highest BCUT2D eigenvalue weighted by Gasteiger charge is 2.07. The highest BCUT2D eigenvalue weighted by Crippen LogP contribution is 2.30. The molecule has 5 heteroatoms. The molecule has 0 saturated heterocycles. The third-order valence-corrected chi connectivity index (χ3v) is 4.34. The minimum Gasteiger partial charge on any atom is -0.242 e. The Morgan fingerprint density at radius 1 is 1.15 bits per heavy atom. The monoisotopic (exact) mass is 318 g/mol. The summed E-state index contributed by atoms with van der Waals surface area (Å²) in [6.07, 6.45) is 0. The minimum absolute atomic E-state index is 1.04. The summed E-state index contributed by atoms with van der Waals surface area (Å²) in [4.78, 5) is 8.78. The first-order valence-corrected chi connectivity index (χ1v) is 6.40. The molecule has 0 atom stereocenters. The molecular formula is C8H3IN2S2. The Hall–Kier alpha value is -0.270. The lowest BCUT2D eigenvalue weighted by molar-refractivity contribution is 1.43. The van der Waals surface area contributed by atoms with Crippen LogP contribution in [0.3, 0.4) is 0 Å². The van der Waals surface area contributed by atoms with Gasteiger partial charge in [0, 0.05) is 0 Å². The van der Waals surface area contributed by atoms with E-state index in [2.05, 4.69) is 44.7 Å². The van der Waals surface area contributed by atoms with Crippen molar-refractivity contribution < 1.29 is 0 Å². The molecule has 2 heterocycles. The number of thiazole rings is 2. The molecule has 0 aliphatic carbocycles. The number of hydrogen-bond donors (Lipinski definition) is 0. The Balaban J connectivity index is 2.64. The lowest BCUT2D eigenvalue weighted by Crippen LogP contribution is -1.71. The molecule has 0 N–H and O–H groups in total. The normalized spacial score (nSPS) is 11.5. The van der Waals surface area contributed by atoms with Gasteiger partial charge < -0.3 is 0 Å². The zero-order valence-electron chi connectivity index (χ0n) is 6.32. The average Bonchev–Trinajstić information content (AvgIpc) is 2.65. The summed E-state index contributed by atoms with van der Waals surface area (Å²) in [5.74, 6) is 0. The van der Waals surface area contributed by atoms with Gasteiger partial charge in [-0.05, 0) is 34.7 Å². The van der Waals surface area contributed by atoms with Gasteiger partial charge in [-0.1, -0.05) is 0 Å². The zero-order chi connectivity index (χ0) is 8.84. The summed E-state index contributed by atoms with van der Waals surface area (Å²) < 4.78 is 3.52. The maximum absolute atomic E-state index is 4.46. The van der Waals surface area contributed by atoms with Crippen LogP contribution in [0.2, 0.25) is 0 Å². The molecule has 0 aliphatic rings. The molecule has 3 rings (SSSR count). The fraction of sp³-hybridized carbons (Fsp3) is 0. The van der Waals surface area contributed by atoms with Crippen LogP contribution in [0, 0.1) is 3.01 Å². The summed E-state index contributed by atoms with van der Waals surface area (Å²) in [6, 6.07) is 4.24. The molecule has 0 unspecified atom stereocenters. The minimum atomic E-state index is 1.04. The zero-order valence-corrected chi connectivity index (χ0v) is 10.1. The molecule has 0 radical (unpaired) electrons. The lowest BCUT2D eigenvalue weighted by Gasteiger charge is -1.87. The van der Waals surface area contributed by atoms with Crippen LogP contribution in [0.4, 0.5) is 0 Å². The molecular weight excluding hydrogens is 315 g/mol. The summed E-state index contributed by atoms with van der Waals surface area (Å²) in [5.41, 5.74) is 3.96. The molecule has 64 valence electrons. The Morgan fingerprint density at radius 3 is 2.92 bits per heavy atom. The maximum atomic E-state index is 4.46. The molecule has 0 bridgehead atoms. The number of hydrogen-bond acceptors (Lipinski definition) is 4. The number of benzene rings is 1. The largest absolute Gasteiger partial charge is 0.242 e. The third-order valence-electron chi connectivity index (χ3n) is 1.83. The van der Waals surface area contributed by atoms with Crippen molar-refractivity contribution in [3.8, 4) is 0 Å². The quantitative estimate of drug-likeness (QED) is 0.593. The second kappa shape index (κ2) is 2.86. The molecule has 2 aromatic heterocycles. The first-order valence-electron chi connectivity index (χ1n) is 3.63. The molecule has 3 aromatic rings. The van der Waals surface area contributed by atoms with Crippen molar-refractivity contribution in [2.45, 2.75) is 0 Å². The first-order chi connectivity index (χ1) is 6.34. The van der Waals surface area contributed by atoms with Crippen molar-refractivity contribution in [1.29, 1.82) is 0 Å². The van der Waals surface area contributed by atoms with E-state index in [9.17, 15) is 0 Å². The van der Waals surface area contributed by atoms with E-state index in [4.69, 9.17) is 0 Å². The standard InChI is InChI=1S/C8H3IN2S2/c9-8-11-7-5(13-8)2-1-4-6(7)10-3-12-4/h1-3H. The number of aromatic nitrogens is 2. The summed E-state index contributed by atoms with van der Waals surface area (Å²) in [7, 11) is 0. The predicted molar refractivity (Wildman–Crippen MR) is 65.5 cm³/mol. The van der Waals surface area contributed by atoms with E-state index in [0.29, 0.717) is 0 Å². The van der Waals surface area contributed by atoms with Crippen molar-refractivity contribution in [2.24, 2.45) is 0 Å². The van der Waals surface area contributed by atoms with Gasteiger partial charge in [0.1, 0.15) is 11.0 Å². The first kappa shape index (κ1) is 8.07. The van der Waals surface area contributed by atoms with Crippen LogP contribution in [0.15, 0.2) is 17.6 Å². The molecule has 0 spiro atoms. The van der Waals surface area contributed by atoms with Gasteiger partial charge in [0.15, 0.2) is 3.01 Å². The number of nitrogens with zero attached hydrogens (tertiary/aromatic N) is 2. The summed E-state index contributed by atoms with van der Waals surface area (Å²) >= 11 is 5.62. The van der Waals surface area contributed by atoms with E-state index < -0.39 is 0 Å². The van der Waals surface area contributed by atoms with Gasteiger partial charge in [-0.15, -0.1) is 22.7 Å². The molecule has 2 nitrogen and oxygen atoms in total.